The van der Waals surface area contributed by atoms with Crippen LogP contribution in [0.1, 0.15) is 24.1 Å². The zero-order valence-corrected chi connectivity index (χ0v) is 16.9. The summed E-state index contributed by atoms with van der Waals surface area (Å²) in [5, 5.41) is 2.99. The maximum absolute atomic E-state index is 13.7. The van der Waals surface area contributed by atoms with Crippen LogP contribution in [0, 0.1) is 5.82 Å². The van der Waals surface area contributed by atoms with Crippen LogP contribution in [0.4, 0.5) is 4.39 Å². The van der Waals surface area contributed by atoms with Crippen molar-refractivity contribution in [3.8, 4) is 17.2 Å². The van der Waals surface area contributed by atoms with Crippen molar-refractivity contribution in [2.75, 3.05) is 21.3 Å². The second-order valence-corrected chi connectivity index (χ2v) is 6.56. The van der Waals surface area contributed by atoms with E-state index >= 15 is 0 Å². The van der Waals surface area contributed by atoms with E-state index in [0.717, 1.165) is 0 Å². The topological polar surface area (TPSA) is 56.8 Å². The molecule has 1 atom stereocenters. The molecule has 0 spiro atoms. The third-order valence-electron chi connectivity index (χ3n) is 4.02. The second kappa shape index (κ2) is 9.15. The Hall–Kier alpha value is -2.18. The van der Waals surface area contributed by atoms with E-state index < -0.39 is 11.9 Å². The lowest BCUT2D eigenvalue weighted by Gasteiger charge is -2.18. The molecule has 0 saturated carbocycles. The Morgan fingerprint density at radius 2 is 1.74 bits per heavy atom. The highest BCUT2D eigenvalue weighted by molar-refractivity contribution is 6.35. The molecule has 2 aromatic carbocycles. The fourth-order valence-corrected chi connectivity index (χ4v) is 3.26. The average Bonchev–Trinajstić information content (AvgIpc) is 2.63. The molecule has 0 aliphatic carbocycles. The Bertz CT molecular complexity index is 845. The molecule has 1 amide bonds. The van der Waals surface area contributed by atoms with Crippen LogP contribution in [-0.2, 0) is 11.2 Å². The number of hydrogen-bond donors (Lipinski definition) is 1. The predicted octanol–water partition coefficient (Wildman–Crippen LogP) is 4.58. The summed E-state index contributed by atoms with van der Waals surface area (Å²) >= 11 is 11.8. The van der Waals surface area contributed by atoms with Gasteiger partial charge >= 0.3 is 0 Å². The first-order valence-corrected chi connectivity index (χ1v) is 8.79. The van der Waals surface area contributed by atoms with E-state index in [2.05, 4.69) is 5.32 Å². The molecule has 5 nitrogen and oxygen atoms in total. The fraction of sp³-hybridized carbons (Fsp3) is 0.316. The molecule has 2 aromatic rings. The van der Waals surface area contributed by atoms with E-state index in [-0.39, 0.29) is 22.4 Å². The van der Waals surface area contributed by atoms with Crippen molar-refractivity contribution in [3.05, 3.63) is 51.3 Å². The molecule has 146 valence electrons. The molecule has 0 aromatic heterocycles. The Morgan fingerprint density at radius 3 is 2.33 bits per heavy atom. The summed E-state index contributed by atoms with van der Waals surface area (Å²) in [4.78, 5) is 12.5. The van der Waals surface area contributed by atoms with Crippen LogP contribution in [0.3, 0.4) is 0 Å². The molecule has 27 heavy (non-hydrogen) atoms. The number of halogens is 3. The predicted molar refractivity (Wildman–Crippen MR) is 103 cm³/mol. The first-order valence-electron chi connectivity index (χ1n) is 8.04. The molecule has 0 heterocycles. The van der Waals surface area contributed by atoms with Gasteiger partial charge in [-0.3, -0.25) is 4.79 Å². The SMILES string of the molecule is COc1ccc(CC(=O)N[C@H](C)c2cc(F)c(Cl)cc2Cl)c(OC)c1OC. The lowest BCUT2D eigenvalue weighted by Crippen LogP contribution is -2.28. The molecule has 0 unspecified atom stereocenters. The van der Waals surface area contributed by atoms with E-state index in [1.807, 2.05) is 0 Å². The Morgan fingerprint density at radius 1 is 1.07 bits per heavy atom. The lowest BCUT2D eigenvalue weighted by atomic mass is 10.1. The molecule has 0 aliphatic heterocycles. The number of benzene rings is 2. The fourth-order valence-electron chi connectivity index (χ4n) is 2.72. The number of rotatable bonds is 7. The van der Waals surface area contributed by atoms with E-state index in [4.69, 9.17) is 37.4 Å². The summed E-state index contributed by atoms with van der Waals surface area (Å²) in [5.74, 6) is 0.421. The normalized spacial score (nSPS) is 11.7. The van der Waals surface area contributed by atoms with Gasteiger partial charge in [-0.1, -0.05) is 29.3 Å². The van der Waals surface area contributed by atoms with Gasteiger partial charge in [-0.15, -0.1) is 0 Å². The van der Waals surface area contributed by atoms with Gasteiger partial charge in [0.2, 0.25) is 11.7 Å². The van der Waals surface area contributed by atoms with E-state index in [9.17, 15) is 9.18 Å². The molecular weight excluding hydrogens is 396 g/mol. The Kier molecular flexibility index (Phi) is 7.16. The third kappa shape index (κ3) is 4.76. The lowest BCUT2D eigenvalue weighted by molar-refractivity contribution is -0.121. The van der Waals surface area contributed by atoms with Gasteiger partial charge in [0, 0.05) is 10.6 Å². The monoisotopic (exact) mass is 415 g/mol. The highest BCUT2D eigenvalue weighted by Gasteiger charge is 2.20. The van der Waals surface area contributed by atoms with Crippen LogP contribution in [0.25, 0.3) is 0 Å². The van der Waals surface area contributed by atoms with Gasteiger partial charge in [-0.05, 0) is 30.7 Å². The minimum Gasteiger partial charge on any atom is -0.493 e. The Balaban J connectivity index is 2.20. The van der Waals surface area contributed by atoms with E-state index in [0.29, 0.717) is 28.4 Å². The van der Waals surface area contributed by atoms with Crippen molar-refractivity contribution >= 4 is 29.1 Å². The van der Waals surface area contributed by atoms with Crippen molar-refractivity contribution < 1.29 is 23.4 Å². The van der Waals surface area contributed by atoms with Crippen LogP contribution in [0.5, 0.6) is 17.2 Å². The summed E-state index contributed by atoms with van der Waals surface area (Å²) in [7, 11) is 4.49. The number of nitrogens with one attached hydrogen (secondary N) is 1. The first-order chi connectivity index (χ1) is 12.8. The van der Waals surface area contributed by atoms with Crippen molar-refractivity contribution in [2.24, 2.45) is 0 Å². The van der Waals surface area contributed by atoms with Gasteiger partial charge in [0.1, 0.15) is 5.82 Å². The van der Waals surface area contributed by atoms with Crippen LogP contribution >= 0.6 is 23.2 Å². The summed E-state index contributed by atoms with van der Waals surface area (Å²) in [6.45, 7) is 1.71. The van der Waals surface area contributed by atoms with Gasteiger partial charge < -0.3 is 19.5 Å². The molecule has 0 bridgehead atoms. The first kappa shape index (κ1) is 21.1. The van der Waals surface area contributed by atoms with Gasteiger partial charge in [0.05, 0.1) is 38.8 Å². The second-order valence-electron chi connectivity index (χ2n) is 5.75. The van der Waals surface area contributed by atoms with Crippen LogP contribution in [-0.4, -0.2) is 27.2 Å². The summed E-state index contributed by atoms with van der Waals surface area (Å²) in [6, 6.07) is 5.43. The van der Waals surface area contributed by atoms with Crippen molar-refractivity contribution in [1.82, 2.24) is 5.32 Å². The van der Waals surface area contributed by atoms with Gasteiger partial charge in [0.25, 0.3) is 0 Å². The molecule has 0 aliphatic rings. The third-order valence-corrected chi connectivity index (χ3v) is 4.64. The number of carbonyl (C=O) groups is 1. The van der Waals surface area contributed by atoms with Crippen LogP contribution in [0.15, 0.2) is 24.3 Å². The molecular formula is C19H20Cl2FNO4. The summed E-state index contributed by atoms with van der Waals surface area (Å²) in [5.41, 5.74) is 1.06. The molecule has 0 saturated heterocycles. The van der Waals surface area contributed by atoms with E-state index in [1.54, 1.807) is 19.1 Å². The molecule has 0 fully saturated rings. The minimum absolute atomic E-state index is 0.0293. The zero-order chi connectivity index (χ0) is 20.1. The number of hydrogen-bond acceptors (Lipinski definition) is 4. The van der Waals surface area contributed by atoms with Crippen LogP contribution < -0.4 is 19.5 Å². The van der Waals surface area contributed by atoms with Gasteiger partial charge in [0.15, 0.2) is 11.5 Å². The average molecular weight is 416 g/mol. The summed E-state index contributed by atoms with van der Waals surface area (Å²) in [6.07, 6.45) is 0.0293. The smallest absolute Gasteiger partial charge is 0.225 e. The maximum Gasteiger partial charge on any atom is 0.225 e. The molecule has 2 rings (SSSR count). The van der Waals surface area contributed by atoms with Crippen molar-refractivity contribution in [3.63, 3.8) is 0 Å². The number of methoxy groups -OCH3 is 3. The molecule has 0 radical (unpaired) electrons. The highest BCUT2D eigenvalue weighted by atomic mass is 35.5. The van der Waals surface area contributed by atoms with Crippen LogP contribution in [0.2, 0.25) is 10.0 Å². The standard InChI is InChI=1S/C19H20Cl2FNO4/c1-10(12-8-15(22)14(21)9-13(12)20)23-17(24)7-11-5-6-16(25-2)19(27-4)18(11)26-3/h5-6,8-10H,7H2,1-4H3,(H,23,24)/t10-/m1/s1. The Labute approximate surface area is 167 Å². The molecule has 1 N–H and O–H groups in total. The number of amides is 1. The summed E-state index contributed by atoms with van der Waals surface area (Å²) < 4.78 is 29.6. The quantitative estimate of drug-likeness (QED) is 0.672. The van der Waals surface area contributed by atoms with E-state index in [1.165, 1.54) is 33.5 Å². The largest absolute Gasteiger partial charge is 0.493 e. The zero-order valence-electron chi connectivity index (χ0n) is 15.4. The van der Waals surface area contributed by atoms with Crippen molar-refractivity contribution in [1.29, 1.82) is 0 Å². The molecule has 8 heteroatoms. The van der Waals surface area contributed by atoms with Gasteiger partial charge in [-0.25, -0.2) is 4.39 Å². The van der Waals surface area contributed by atoms with Crippen molar-refractivity contribution in [2.45, 2.75) is 19.4 Å². The van der Waals surface area contributed by atoms with Gasteiger partial charge in [-0.2, -0.15) is 0 Å². The maximum atomic E-state index is 13.7. The highest BCUT2D eigenvalue weighted by Crippen LogP contribution is 2.40. The number of ether oxygens (including phenoxy) is 3. The number of carbonyl (C=O) groups excluding carboxylic acids is 1. The minimum atomic E-state index is -0.598.